The predicted octanol–water partition coefficient (Wildman–Crippen LogP) is 3.33. The summed E-state index contributed by atoms with van der Waals surface area (Å²) in [5, 5.41) is 3.49. The molecule has 2 aromatic carbocycles. The number of aromatic nitrogens is 1. The lowest BCUT2D eigenvalue weighted by Crippen LogP contribution is -2.30. The highest BCUT2D eigenvalue weighted by Gasteiger charge is 2.11. The Labute approximate surface area is 144 Å². The van der Waals surface area contributed by atoms with Crippen LogP contribution in [0.1, 0.15) is 24.1 Å². The third-order valence-electron chi connectivity index (χ3n) is 4.19. The third kappa shape index (κ3) is 3.76. The molecule has 0 saturated carbocycles. The molecule has 0 aliphatic carbocycles. The smallest absolute Gasteiger partial charge is 0.240 e. The van der Waals surface area contributed by atoms with E-state index in [9.17, 15) is 14.0 Å². The second kappa shape index (κ2) is 6.89. The maximum absolute atomic E-state index is 13.0. The number of hydrogen-bond donors (Lipinski definition) is 1. The predicted molar refractivity (Wildman–Crippen MR) is 95.9 cm³/mol. The van der Waals surface area contributed by atoms with E-state index in [4.69, 9.17) is 0 Å². The van der Waals surface area contributed by atoms with Gasteiger partial charge in [-0.25, -0.2) is 4.39 Å². The number of fused-ring (bicyclic) bond motifs is 1. The Bertz CT molecular complexity index is 977. The molecule has 0 aliphatic heterocycles. The number of benzene rings is 2. The zero-order valence-electron chi connectivity index (χ0n) is 14.1. The van der Waals surface area contributed by atoms with Gasteiger partial charge in [-0.1, -0.05) is 23.8 Å². The molecule has 0 radical (unpaired) electrons. The van der Waals surface area contributed by atoms with E-state index in [1.807, 2.05) is 32.0 Å². The van der Waals surface area contributed by atoms with Crippen LogP contribution < -0.4 is 10.7 Å². The van der Waals surface area contributed by atoms with E-state index in [1.54, 1.807) is 22.9 Å². The Balaban J connectivity index is 1.79. The highest BCUT2D eigenvalue weighted by molar-refractivity contribution is 5.82. The van der Waals surface area contributed by atoms with Gasteiger partial charge in [0.05, 0.1) is 11.6 Å². The minimum absolute atomic E-state index is 0.0601. The summed E-state index contributed by atoms with van der Waals surface area (Å²) in [5.41, 5.74) is 2.49. The van der Waals surface area contributed by atoms with Crippen molar-refractivity contribution in [1.29, 1.82) is 0 Å². The quantitative estimate of drug-likeness (QED) is 0.793. The van der Waals surface area contributed by atoms with Gasteiger partial charge in [0.2, 0.25) is 5.91 Å². The first kappa shape index (κ1) is 16.9. The van der Waals surface area contributed by atoms with Crippen molar-refractivity contribution < 1.29 is 9.18 Å². The van der Waals surface area contributed by atoms with Gasteiger partial charge in [0.25, 0.3) is 0 Å². The van der Waals surface area contributed by atoms with Gasteiger partial charge in [0.15, 0.2) is 5.43 Å². The average Bonchev–Trinajstić information content (AvgIpc) is 2.58. The summed E-state index contributed by atoms with van der Waals surface area (Å²) >= 11 is 0. The summed E-state index contributed by atoms with van der Waals surface area (Å²) < 4.78 is 14.7. The van der Waals surface area contributed by atoms with Gasteiger partial charge in [-0.15, -0.1) is 0 Å². The first-order valence-corrected chi connectivity index (χ1v) is 8.08. The molecule has 4 nitrogen and oxygen atoms in total. The molecule has 0 spiro atoms. The van der Waals surface area contributed by atoms with E-state index < -0.39 is 0 Å². The summed E-state index contributed by atoms with van der Waals surface area (Å²) in [6.07, 6.45) is 1.63. The maximum atomic E-state index is 13.0. The van der Waals surface area contributed by atoms with Gasteiger partial charge in [0.1, 0.15) is 12.4 Å². The monoisotopic (exact) mass is 338 g/mol. The van der Waals surface area contributed by atoms with E-state index in [0.29, 0.717) is 5.39 Å². The zero-order valence-corrected chi connectivity index (χ0v) is 14.1. The maximum Gasteiger partial charge on any atom is 0.240 e. The van der Waals surface area contributed by atoms with Crippen molar-refractivity contribution in [3.05, 3.63) is 81.9 Å². The lowest BCUT2D eigenvalue weighted by Gasteiger charge is -2.16. The summed E-state index contributed by atoms with van der Waals surface area (Å²) in [5.74, 6) is -0.486. The van der Waals surface area contributed by atoms with Crippen LogP contribution in [0.15, 0.2) is 59.5 Å². The van der Waals surface area contributed by atoms with Crippen molar-refractivity contribution in [3.63, 3.8) is 0 Å². The molecule has 3 aromatic rings. The van der Waals surface area contributed by atoms with Crippen LogP contribution >= 0.6 is 0 Å². The number of pyridine rings is 1. The fourth-order valence-electron chi connectivity index (χ4n) is 2.84. The molecule has 1 amide bonds. The molecule has 25 heavy (non-hydrogen) atoms. The molecule has 0 fully saturated rings. The molecule has 1 heterocycles. The Kier molecular flexibility index (Phi) is 4.65. The normalized spacial score (nSPS) is 12.1. The largest absolute Gasteiger partial charge is 0.348 e. The molecule has 1 atom stereocenters. The number of carbonyl (C=O) groups excluding carboxylic acids is 1. The van der Waals surface area contributed by atoms with Gasteiger partial charge < -0.3 is 9.88 Å². The number of nitrogens with one attached hydrogen (secondary N) is 1. The minimum Gasteiger partial charge on any atom is -0.348 e. The molecule has 5 heteroatoms. The van der Waals surface area contributed by atoms with Crippen LogP contribution in [0.5, 0.6) is 0 Å². The Morgan fingerprint density at radius 3 is 2.60 bits per heavy atom. The Morgan fingerprint density at radius 2 is 1.88 bits per heavy atom. The van der Waals surface area contributed by atoms with Crippen molar-refractivity contribution in [2.24, 2.45) is 0 Å². The summed E-state index contributed by atoms with van der Waals surface area (Å²) in [6, 6.07) is 12.9. The molecule has 0 unspecified atom stereocenters. The van der Waals surface area contributed by atoms with E-state index in [0.717, 1.165) is 16.6 Å². The summed E-state index contributed by atoms with van der Waals surface area (Å²) in [6.45, 7) is 3.87. The van der Waals surface area contributed by atoms with Crippen molar-refractivity contribution in [2.75, 3.05) is 0 Å². The molecule has 128 valence electrons. The molecule has 0 aliphatic rings. The van der Waals surface area contributed by atoms with Gasteiger partial charge in [0, 0.05) is 17.6 Å². The van der Waals surface area contributed by atoms with Crippen molar-refractivity contribution in [1.82, 2.24) is 9.88 Å². The van der Waals surface area contributed by atoms with Crippen LogP contribution in [0, 0.1) is 12.7 Å². The molecule has 0 saturated heterocycles. The van der Waals surface area contributed by atoms with Crippen LogP contribution in [-0.4, -0.2) is 10.5 Å². The van der Waals surface area contributed by atoms with Crippen molar-refractivity contribution in [3.8, 4) is 0 Å². The highest BCUT2D eigenvalue weighted by Crippen LogP contribution is 2.14. The Hall–Kier alpha value is -2.95. The highest BCUT2D eigenvalue weighted by atomic mass is 19.1. The molecule has 1 N–H and O–H groups in total. The van der Waals surface area contributed by atoms with E-state index in [1.165, 1.54) is 18.2 Å². The van der Waals surface area contributed by atoms with Crippen LogP contribution in [0.2, 0.25) is 0 Å². The number of hydrogen-bond acceptors (Lipinski definition) is 2. The van der Waals surface area contributed by atoms with Crippen molar-refractivity contribution >= 4 is 16.8 Å². The number of rotatable bonds is 4. The van der Waals surface area contributed by atoms with Gasteiger partial charge in [-0.05, 0) is 43.7 Å². The van der Waals surface area contributed by atoms with Crippen LogP contribution in [0.4, 0.5) is 4.39 Å². The lowest BCUT2D eigenvalue weighted by molar-refractivity contribution is -0.122. The second-order valence-electron chi connectivity index (χ2n) is 6.17. The minimum atomic E-state index is -0.308. The van der Waals surface area contributed by atoms with E-state index >= 15 is 0 Å². The van der Waals surface area contributed by atoms with Crippen molar-refractivity contribution in [2.45, 2.75) is 26.4 Å². The molecular weight excluding hydrogens is 319 g/mol. The van der Waals surface area contributed by atoms with Crippen LogP contribution in [0.25, 0.3) is 10.9 Å². The molecule has 1 aromatic heterocycles. The van der Waals surface area contributed by atoms with Gasteiger partial charge in [-0.3, -0.25) is 9.59 Å². The first-order valence-electron chi connectivity index (χ1n) is 8.08. The average molecular weight is 338 g/mol. The third-order valence-corrected chi connectivity index (χ3v) is 4.19. The lowest BCUT2D eigenvalue weighted by atomic mass is 10.1. The number of amides is 1. The number of nitrogens with zero attached hydrogens (tertiary/aromatic N) is 1. The van der Waals surface area contributed by atoms with Gasteiger partial charge in [-0.2, -0.15) is 0 Å². The van der Waals surface area contributed by atoms with E-state index in [-0.39, 0.29) is 29.7 Å². The second-order valence-corrected chi connectivity index (χ2v) is 6.17. The standard InChI is InChI=1S/C20H19FN2O2/c1-13-3-8-18-17(11-13)19(24)9-10-23(18)12-20(25)22-14(2)15-4-6-16(21)7-5-15/h3-11,14H,12H2,1-2H3,(H,22,25)/t14-/m0/s1. The fraction of sp³-hybridized carbons (Fsp3) is 0.200. The summed E-state index contributed by atoms with van der Waals surface area (Å²) in [4.78, 5) is 24.4. The van der Waals surface area contributed by atoms with Crippen LogP contribution in [0.3, 0.4) is 0 Å². The van der Waals surface area contributed by atoms with Gasteiger partial charge >= 0.3 is 0 Å². The summed E-state index contributed by atoms with van der Waals surface area (Å²) in [7, 11) is 0. The molecule has 0 bridgehead atoms. The SMILES string of the molecule is Cc1ccc2c(c1)c(=O)ccn2CC(=O)N[C@@H](C)c1ccc(F)cc1. The first-order chi connectivity index (χ1) is 11.9. The molecular formula is C20H19FN2O2. The van der Waals surface area contributed by atoms with E-state index in [2.05, 4.69) is 5.32 Å². The fourth-order valence-corrected chi connectivity index (χ4v) is 2.84. The molecule has 3 rings (SSSR count). The topological polar surface area (TPSA) is 51.1 Å². The Morgan fingerprint density at radius 1 is 1.16 bits per heavy atom. The number of carbonyl (C=O) groups is 1. The van der Waals surface area contributed by atoms with Crippen LogP contribution in [-0.2, 0) is 11.3 Å². The number of aryl methyl sites for hydroxylation is 1. The zero-order chi connectivity index (χ0) is 18.0. The number of halogens is 1.